The molecule has 0 saturated heterocycles. The van der Waals surface area contributed by atoms with Crippen LogP contribution in [0.1, 0.15) is 27.0 Å². The molecule has 1 amide bonds. The number of carbonyl (C=O) groups excluding carboxylic acids is 1. The first kappa shape index (κ1) is 23.7. The van der Waals surface area contributed by atoms with Crippen LogP contribution in [0.5, 0.6) is 0 Å². The summed E-state index contributed by atoms with van der Waals surface area (Å²) in [6.07, 6.45) is 2.69. The molecule has 0 radical (unpaired) electrons. The molecule has 0 atom stereocenters. The molecule has 0 saturated carbocycles. The molecule has 0 unspecified atom stereocenters. The Balaban J connectivity index is 1.22. The molecule has 37 heavy (non-hydrogen) atoms. The van der Waals surface area contributed by atoms with Gasteiger partial charge in [0.15, 0.2) is 0 Å². The SMILES string of the molecule is O=C(NN/C(=C\c1ccccc1)Cc1ccccc1)c1ccc(Cn2nnc(-c3ccccc3)n2)cc1. The summed E-state index contributed by atoms with van der Waals surface area (Å²) in [6, 6.07) is 37.2. The second-order valence-corrected chi connectivity index (χ2v) is 8.53. The minimum absolute atomic E-state index is 0.219. The van der Waals surface area contributed by atoms with Gasteiger partial charge in [0.25, 0.3) is 5.91 Å². The molecule has 0 bridgehead atoms. The van der Waals surface area contributed by atoms with Gasteiger partial charge in [0.2, 0.25) is 5.82 Å². The number of tetrazole rings is 1. The number of amides is 1. The highest BCUT2D eigenvalue weighted by Crippen LogP contribution is 2.13. The van der Waals surface area contributed by atoms with Gasteiger partial charge in [-0.15, -0.1) is 10.2 Å². The van der Waals surface area contributed by atoms with Crippen molar-refractivity contribution in [3.05, 3.63) is 143 Å². The molecule has 7 nitrogen and oxygen atoms in total. The van der Waals surface area contributed by atoms with Crippen molar-refractivity contribution in [2.45, 2.75) is 13.0 Å². The number of aromatic nitrogens is 4. The first-order valence-electron chi connectivity index (χ1n) is 12.0. The van der Waals surface area contributed by atoms with Gasteiger partial charge in [-0.2, -0.15) is 4.80 Å². The Morgan fingerprint density at radius 1 is 0.730 bits per heavy atom. The number of benzene rings is 4. The van der Waals surface area contributed by atoms with Crippen LogP contribution >= 0.6 is 0 Å². The number of allylic oxidation sites excluding steroid dienone is 1. The molecule has 0 aliphatic rings. The number of hydrogen-bond donors (Lipinski definition) is 2. The summed E-state index contributed by atoms with van der Waals surface area (Å²) in [6.45, 7) is 0.459. The first-order valence-corrected chi connectivity index (χ1v) is 12.0. The number of hydrogen-bond acceptors (Lipinski definition) is 5. The second-order valence-electron chi connectivity index (χ2n) is 8.53. The van der Waals surface area contributed by atoms with Crippen LogP contribution in [0.2, 0.25) is 0 Å². The van der Waals surface area contributed by atoms with E-state index >= 15 is 0 Å². The monoisotopic (exact) mass is 486 g/mol. The third-order valence-electron chi connectivity index (χ3n) is 5.74. The van der Waals surface area contributed by atoms with Gasteiger partial charge in [-0.25, -0.2) is 0 Å². The Morgan fingerprint density at radius 3 is 2.08 bits per heavy atom. The van der Waals surface area contributed by atoms with E-state index in [2.05, 4.69) is 38.4 Å². The summed E-state index contributed by atoms with van der Waals surface area (Å²) in [5, 5.41) is 12.7. The molecule has 7 heteroatoms. The van der Waals surface area contributed by atoms with Crippen LogP contribution in [-0.2, 0) is 13.0 Å². The van der Waals surface area contributed by atoms with Crippen LogP contribution in [0.25, 0.3) is 17.5 Å². The predicted molar refractivity (Wildman–Crippen MR) is 144 cm³/mol. The first-order chi connectivity index (χ1) is 18.2. The van der Waals surface area contributed by atoms with Crippen molar-refractivity contribution in [1.29, 1.82) is 0 Å². The van der Waals surface area contributed by atoms with E-state index in [1.54, 1.807) is 16.9 Å². The minimum Gasteiger partial charge on any atom is -0.302 e. The molecule has 0 aliphatic heterocycles. The topological polar surface area (TPSA) is 84.7 Å². The summed E-state index contributed by atoms with van der Waals surface area (Å²) in [7, 11) is 0. The maximum absolute atomic E-state index is 12.8. The smallest absolute Gasteiger partial charge is 0.269 e. The Kier molecular flexibility index (Phi) is 7.42. The number of rotatable bonds is 9. The average molecular weight is 487 g/mol. The van der Waals surface area contributed by atoms with Crippen LogP contribution in [0.4, 0.5) is 0 Å². The van der Waals surface area contributed by atoms with E-state index in [0.717, 1.165) is 28.0 Å². The van der Waals surface area contributed by atoms with Crippen molar-refractivity contribution in [1.82, 2.24) is 31.1 Å². The molecule has 0 spiro atoms. The molecule has 0 fully saturated rings. The van der Waals surface area contributed by atoms with Gasteiger partial charge in [-0.05, 0) is 40.1 Å². The van der Waals surface area contributed by atoms with E-state index in [9.17, 15) is 4.79 Å². The Labute approximate surface area is 215 Å². The largest absolute Gasteiger partial charge is 0.302 e. The summed E-state index contributed by atoms with van der Waals surface area (Å²) in [5.74, 6) is 0.362. The van der Waals surface area contributed by atoms with Crippen molar-refractivity contribution in [3.8, 4) is 11.4 Å². The lowest BCUT2D eigenvalue weighted by Crippen LogP contribution is -2.37. The van der Waals surface area contributed by atoms with Gasteiger partial charge >= 0.3 is 0 Å². The Bertz CT molecular complexity index is 1460. The fourth-order valence-electron chi connectivity index (χ4n) is 3.84. The lowest BCUT2D eigenvalue weighted by molar-refractivity contribution is 0.0938. The minimum atomic E-state index is -0.219. The van der Waals surface area contributed by atoms with Gasteiger partial charge in [-0.1, -0.05) is 103 Å². The Morgan fingerprint density at radius 2 is 1.38 bits per heavy atom. The molecule has 0 aliphatic carbocycles. The molecular formula is C30H26N6O. The van der Waals surface area contributed by atoms with E-state index in [4.69, 9.17) is 0 Å². The van der Waals surface area contributed by atoms with Gasteiger partial charge in [-0.3, -0.25) is 10.2 Å². The van der Waals surface area contributed by atoms with Crippen molar-refractivity contribution >= 4 is 12.0 Å². The van der Waals surface area contributed by atoms with Crippen LogP contribution in [0.15, 0.2) is 121 Å². The van der Waals surface area contributed by atoms with E-state index < -0.39 is 0 Å². The van der Waals surface area contributed by atoms with Crippen molar-refractivity contribution < 1.29 is 4.79 Å². The predicted octanol–water partition coefficient (Wildman–Crippen LogP) is 4.91. The summed E-state index contributed by atoms with van der Waals surface area (Å²) in [5.41, 5.74) is 11.5. The van der Waals surface area contributed by atoms with Gasteiger partial charge < -0.3 is 5.43 Å². The lowest BCUT2D eigenvalue weighted by atomic mass is 10.1. The van der Waals surface area contributed by atoms with E-state index in [0.29, 0.717) is 24.4 Å². The van der Waals surface area contributed by atoms with Crippen LogP contribution in [-0.4, -0.2) is 26.1 Å². The van der Waals surface area contributed by atoms with Crippen molar-refractivity contribution in [3.63, 3.8) is 0 Å². The third-order valence-corrected chi connectivity index (χ3v) is 5.74. The number of carbonyl (C=O) groups is 1. The number of nitrogens with zero attached hydrogens (tertiary/aromatic N) is 4. The summed E-state index contributed by atoms with van der Waals surface area (Å²) < 4.78 is 0. The zero-order chi connectivity index (χ0) is 25.3. The maximum atomic E-state index is 12.8. The van der Waals surface area contributed by atoms with Gasteiger partial charge in [0, 0.05) is 23.2 Å². The van der Waals surface area contributed by atoms with Gasteiger partial charge in [0.1, 0.15) is 0 Å². The molecule has 1 heterocycles. The zero-order valence-corrected chi connectivity index (χ0v) is 20.2. The highest BCUT2D eigenvalue weighted by molar-refractivity contribution is 5.94. The molecule has 5 rings (SSSR count). The molecule has 1 aromatic heterocycles. The molecule has 4 aromatic carbocycles. The van der Waals surface area contributed by atoms with E-state index in [1.807, 2.05) is 97.1 Å². The van der Waals surface area contributed by atoms with Crippen molar-refractivity contribution in [2.75, 3.05) is 0 Å². The van der Waals surface area contributed by atoms with E-state index in [1.165, 1.54) is 0 Å². The lowest BCUT2D eigenvalue weighted by Gasteiger charge is -2.13. The quantitative estimate of drug-likeness (QED) is 0.289. The number of hydrazine groups is 1. The Hall–Kier alpha value is -5.04. The average Bonchev–Trinajstić information content (AvgIpc) is 3.42. The molecular weight excluding hydrogens is 460 g/mol. The second kappa shape index (κ2) is 11.6. The molecule has 2 N–H and O–H groups in total. The van der Waals surface area contributed by atoms with Crippen LogP contribution in [0, 0.1) is 0 Å². The highest BCUT2D eigenvalue weighted by Gasteiger charge is 2.09. The van der Waals surface area contributed by atoms with Crippen LogP contribution < -0.4 is 10.9 Å². The normalized spacial score (nSPS) is 11.2. The third kappa shape index (κ3) is 6.55. The summed E-state index contributed by atoms with van der Waals surface area (Å²) >= 11 is 0. The van der Waals surface area contributed by atoms with Gasteiger partial charge in [0.05, 0.1) is 6.54 Å². The van der Waals surface area contributed by atoms with Crippen molar-refractivity contribution in [2.24, 2.45) is 0 Å². The fraction of sp³-hybridized carbons (Fsp3) is 0.0667. The zero-order valence-electron chi connectivity index (χ0n) is 20.2. The number of nitrogens with one attached hydrogen (secondary N) is 2. The van der Waals surface area contributed by atoms with Crippen LogP contribution in [0.3, 0.4) is 0 Å². The molecule has 182 valence electrons. The maximum Gasteiger partial charge on any atom is 0.269 e. The standard InChI is InChI=1S/C30H26N6O/c37-30(33-31-28(20-23-10-4-1-5-11-23)21-24-12-6-2-7-13-24)27-18-16-25(17-19-27)22-36-34-29(32-35-36)26-14-8-3-9-15-26/h1-20,31H,21-22H2,(H,33,37)/b28-20-. The fourth-order valence-corrected chi connectivity index (χ4v) is 3.84. The molecule has 5 aromatic rings. The summed E-state index contributed by atoms with van der Waals surface area (Å²) in [4.78, 5) is 14.4. The van der Waals surface area contributed by atoms with E-state index in [-0.39, 0.29) is 5.91 Å². The highest BCUT2D eigenvalue weighted by atomic mass is 16.2.